The second-order valence-corrected chi connectivity index (χ2v) is 4.61. The molecule has 1 unspecified atom stereocenters. The van der Waals surface area contributed by atoms with E-state index >= 15 is 0 Å². The van der Waals surface area contributed by atoms with Crippen molar-refractivity contribution < 1.29 is 9.90 Å². The van der Waals surface area contributed by atoms with Crippen LogP contribution in [-0.4, -0.2) is 35.6 Å². The van der Waals surface area contributed by atoms with Gasteiger partial charge >= 0.3 is 0 Å². The predicted molar refractivity (Wildman–Crippen MR) is 69.2 cm³/mol. The third-order valence-corrected chi connectivity index (χ3v) is 3.06. The van der Waals surface area contributed by atoms with Gasteiger partial charge in [-0.3, -0.25) is 4.79 Å². The second kappa shape index (κ2) is 5.82. The molecule has 3 nitrogen and oxygen atoms in total. The fourth-order valence-electron chi connectivity index (χ4n) is 1.67. The minimum Gasteiger partial charge on any atom is -0.393 e. The van der Waals surface area contributed by atoms with Crippen molar-refractivity contribution in [3.63, 3.8) is 0 Å². The molecule has 0 aliphatic carbocycles. The number of nitrogens with zero attached hydrogens (tertiary/aromatic N) is 1. The van der Waals surface area contributed by atoms with Crippen molar-refractivity contribution in [3.8, 4) is 0 Å². The Hall–Kier alpha value is -1.35. The van der Waals surface area contributed by atoms with Crippen molar-refractivity contribution in [2.45, 2.75) is 33.3 Å². The van der Waals surface area contributed by atoms with Gasteiger partial charge in [0.2, 0.25) is 0 Å². The van der Waals surface area contributed by atoms with E-state index in [0.717, 1.165) is 16.7 Å². The molecule has 0 aliphatic heterocycles. The van der Waals surface area contributed by atoms with Crippen molar-refractivity contribution in [2.75, 3.05) is 13.6 Å². The summed E-state index contributed by atoms with van der Waals surface area (Å²) in [7, 11) is 1.77. The molecule has 0 aliphatic rings. The zero-order chi connectivity index (χ0) is 13.0. The fraction of sp³-hybridized carbons (Fsp3) is 0.500. The molecule has 0 radical (unpaired) electrons. The van der Waals surface area contributed by atoms with Crippen LogP contribution >= 0.6 is 0 Å². The van der Waals surface area contributed by atoms with Gasteiger partial charge in [-0.2, -0.15) is 0 Å². The number of rotatable bonds is 4. The molecule has 0 saturated carbocycles. The van der Waals surface area contributed by atoms with Gasteiger partial charge in [-0.15, -0.1) is 0 Å². The van der Waals surface area contributed by atoms with Crippen molar-refractivity contribution >= 4 is 5.91 Å². The lowest BCUT2D eigenvalue weighted by Gasteiger charge is -2.19. The zero-order valence-corrected chi connectivity index (χ0v) is 11.0. The lowest BCUT2D eigenvalue weighted by molar-refractivity contribution is 0.0768. The van der Waals surface area contributed by atoms with Crippen LogP contribution in [-0.2, 0) is 0 Å². The van der Waals surface area contributed by atoms with Crippen LogP contribution in [0.15, 0.2) is 18.2 Å². The normalized spacial score (nSPS) is 12.3. The van der Waals surface area contributed by atoms with Gasteiger partial charge < -0.3 is 10.0 Å². The molecular weight excluding hydrogens is 214 g/mol. The third kappa shape index (κ3) is 3.56. The SMILES string of the molecule is Cc1cccc(C(=O)N(C)CCC(C)O)c1C. The van der Waals surface area contributed by atoms with Gasteiger partial charge in [-0.1, -0.05) is 12.1 Å². The summed E-state index contributed by atoms with van der Waals surface area (Å²) in [4.78, 5) is 13.8. The van der Waals surface area contributed by atoms with Crippen LogP contribution in [0.1, 0.15) is 34.8 Å². The standard InChI is InChI=1S/C14H21NO2/c1-10-6-5-7-13(12(10)3)14(17)15(4)9-8-11(2)16/h5-7,11,16H,8-9H2,1-4H3. The summed E-state index contributed by atoms with van der Waals surface area (Å²) in [5.41, 5.74) is 2.90. The Morgan fingerprint density at radius 1 is 1.41 bits per heavy atom. The van der Waals surface area contributed by atoms with E-state index in [1.165, 1.54) is 0 Å². The number of hydrogen-bond acceptors (Lipinski definition) is 2. The van der Waals surface area contributed by atoms with Gasteiger partial charge in [0.15, 0.2) is 0 Å². The van der Waals surface area contributed by atoms with Crippen molar-refractivity contribution in [2.24, 2.45) is 0 Å². The maximum Gasteiger partial charge on any atom is 0.253 e. The lowest BCUT2D eigenvalue weighted by Crippen LogP contribution is -2.30. The van der Waals surface area contributed by atoms with Crippen LogP contribution in [0.5, 0.6) is 0 Å². The highest BCUT2D eigenvalue weighted by molar-refractivity contribution is 5.95. The fourth-order valence-corrected chi connectivity index (χ4v) is 1.67. The number of carbonyl (C=O) groups excluding carboxylic acids is 1. The molecule has 1 atom stereocenters. The highest BCUT2D eigenvalue weighted by Gasteiger charge is 2.14. The lowest BCUT2D eigenvalue weighted by atomic mass is 10.0. The molecule has 94 valence electrons. The molecule has 0 saturated heterocycles. The Kier molecular flexibility index (Phi) is 4.70. The molecule has 0 aromatic heterocycles. The number of aliphatic hydroxyl groups is 1. The largest absolute Gasteiger partial charge is 0.393 e. The van der Waals surface area contributed by atoms with E-state index in [-0.39, 0.29) is 12.0 Å². The maximum atomic E-state index is 12.2. The molecular formula is C14H21NO2. The molecule has 0 bridgehead atoms. The summed E-state index contributed by atoms with van der Waals surface area (Å²) in [6.45, 7) is 6.27. The number of amides is 1. The predicted octanol–water partition coefficient (Wildman–Crippen LogP) is 2.15. The zero-order valence-electron chi connectivity index (χ0n) is 11.0. The quantitative estimate of drug-likeness (QED) is 0.868. The van der Waals surface area contributed by atoms with Crippen molar-refractivity contribution in [3.05, 3.63) is 34.9 Å². The number of benzene rings is 1. The van der Waals surface area contributed by atoms with Crippen LogP contribution in [0.4, 0.5) is 0 Å². The third-order valence-electron chi connectivity index (χ3n) is 3.06. The molecule has 3 heteroatoms. The molecule has 0 heterocycles. The maximum absolute atomic E-state index is 12.2. The highest BCUT2D eigenvalue weighted by atomic mass is 16.3. The highest BCUT2D eigenvalue weighted by Crippen LogP contribution is 2.14. The van der Waals surface area contributed by atoms with E-state index in [9.17, 15) is 9.90 Å². The monoisotopic (exact) mass is 235 g/mol. The molecule has 1 N–H and O–H groups in total. The first-order chi connectivity index (χ1) is 7.93. The van der Waals surface area contributed by atoms with Crippen LogP contribution in [0.2, 0.25) is 0 Å². The Labute approximate surface area is 103 Å². The van der Waals surface area contributed by atoms with E-state index in [1.54, 1.807) is 18.9 Å². The average molecular weight is 235 g/mol. The van der Waals surface area contributed by atoms with Crippen molar-refractivity contribution in [1.29, 1.82) is 0 Å². The molecule has 1 aromatic carbocycles. The molecule has 1 aromatic rings. The minimum atomic E-state index is -0.371. The number of hydrogen-bond donors (Lipinski definition) is 1. The van der Waals surface area contributed by atoms with Crippen molar-refractivity contribution in [1.82, 2.24) is 4.90 Å². The first kappa shape index (κ1) is 13.7. The molecule has 1 rings (SSSR count). The molecule has 1 amide bonds. The van der Waals surface area contributed by atoms with Gasteiger partial charge in [-0.05, 0) is 44.4 Å². The van der Waals surface area contributed by atoms with Gasteiger partial charge in [0.25, 0.3) is 5.91 Å². The molecule has 0 fully saturated rings. The van der Waals surface area contributed by atoms with Crippen LogP contribution < -0.4 is 0 Å². The van der Waals surface area contributed by atoms with Crippen LogP contribution in [0, 0.1) is 13.8 Å². The summed E-state index contributed by atoms with van der Waals surface area (Å²) >= 11 is 0. The summed E-state index contributed by atoms with van der Waals surface area (Å²) in [5.74, 6) is 0.0202. The molecule has 0 spiro atoms. The minimum absolute atomic E-state index is 0.0202. The summed E-state index contributed by atoms with van der Waals surface area (Å²) in [6, 6.07) is 5.75. The first-order valence-corrected chi connectivity index (χ1v) is 5.93. The Bertz CT molecular complexity index is 399. The van der Waals surface area contributed by atoms with E-state index in [1.807, 2.05) is 32.0 Å². The van der Waals surface area contributed by atoms with Gasteiger partial charge in [0.05, 0.1) is 6.10 Å². The van der Waals surface area contributed by atoms with E-state index in [0.29, 0.717) is 13.0 Å². The van der Waals surface area contributed by atoms with E-state index in [4.69, 9.17) is 0 Å². The summed E-state index contributed by atoms with van der Waals surface area (Å²) in [6.07, 6.45) is 0.233. The number of aliphatic hydroxyl groups excluding tert-OH is 1. The molecule has 17 heavy (non-hydrogen) atoms. The average Bonchev–Trinajstić information content (AvgIpc) is 2.28. The van der Waals surface area contributed by atoms with Gasteiger partial charge in [-0.25, -0.2) is 0 Å². The summed E-state index contributed by atoms with van der Waals surface area (Å²) in [5, 5.41) is 9.21. The first-order valence-electron chi connectivity index (χ1n) is 5.93. The van der Waals surface area contributed by atoms with E-state index in [2.05, 4.69) is 0 Å². The van der Waals surface area contributed by atoms with Gasteiger partial charge in [0.1, 0.15) is 0 Å². The number of carbonyl (C=O) groups is 1. The Balaban J connectivity index is 2.78. The Morgan fingerprint density at radius 3 is 2.65 bits per heavy atom. The second-order valence-electron chi connectivity index (χ2n) is 4.61. The topological polar surface area (TPSA) is 40.5 Å². The Morgan fingerprint density at radius 2 is 2.06 bits per heavy atom. The summed E-state index contributed by atoms with van der Waals surface area (Å²) < 4.78 is 0. The number of aryl methyl sites for hydroxylation is 1. The van der Waals surface area contributed by atoms with Gasteiger partial charge in [0, 0.05) is 19.2 Å². The smallest absolute Gasteiger partial charge is 0.253 e. The van der Waals surface area contributed by atoms with Crippen LogP contribution in [0.3, 0.4) is 0 Å². The van der Waals surface area contributed by atoms with Crippen LogP contribution in [0.25, 0.3) is 0 Å². The van der Waals surface area contributed by atoms with E-state index < -0.39 is 0 Å².